The van der Waals surface area contributed by atoms with Crippen molar-refractivity contribution in [2.75, 3.05) is 30.8 Å². The molecule has 136 valence electrons. The van der Waals surface area contributed by atoms with Gasteiger partial charge in [0.25, 0.3) is 0 Å². The summed E-state index contributed by atoms with van der Waals surface area (Å²) < 4.78 is 5.38. The standard InChI is InChI=1S/C20H20N6O/c1-27-18-5-3-2-4-15(18)8-10-22-20-12-17(25-14-26-20)16-6-7-19(24-13-16)23-11-9-21/h2-7,12-14H,8,10-11H2,1H3,(H,23,24)(H,22,25,26). The molecular formula is C20H20N6O. The molecule has 1 aromatic carbocycles. The summed E-state index contributed by atoms with van der Waals surface area (Å²) in [5.41, 5.74) is 2.81. The number of nitrogens with one attached hydrogen (secondary N) is 2. The molecule has 0 bridgehead atoms. The zero-order valence-electron chi connectivity index (χ0n) is 15.0. The first-order valence-electron chi connectivity index (χ1n) is 8.55. The molecule has 0 saturated carbocycles. The highest BCUT2D eigenvalue weighted by Gasteiger charge is 2.05. The second kappa shape index (κ2) is 9.15. The summed E-state index contributed by atoms with van der Waals surface area (Å²) in [5.74, 6) is 2.30. The maximum absolute atomic E-state index is 8.59. The molecule has 0 spiro atoms. The number of rotatable bonds is 8. The zero-order valence-corrected chi connectivity index (χ0v) is 15.0. The van der Waals surface area contributed by atoms with Gasteiger partial charge in [-0.3, -0.25) is 0 Å². The Morgan fingerprint density at radius 3 is 2.70 bits per heavy atom. The summed E-state index contributed by atoms with van der Waals surface area (Å²) in [7, 11) is 1.68. The first-order chi connectivity index (χ1) is 13.3. The van der Waals surface area contributed by atoms with Crippen LogP contribution in [0.2, 0.25) is 0 Å². The Balaban J connectivity index is 1.62. The molecule has 2 heterocycles. The van der Waals surface area contributed by atoms with Crippen molar-refractivity contribution < 1.29 is 4.74 Å². The average Bonchev–Trinajstić information content (AvgIpc) is 2.73. The van der Waals surface area contributed by atoms with Gasteiger partial charge in [0.2, 0.25) is 0 Å². The van der Waals surface area contributed by atoms with Crippen LogP contribution in [0.3, 0.4) is 0 Å². The fourth-order valence-electron chi connectivity index (χ4n) is 2.63. The fraction of sp³-hybridized carbons (Fsp3) is 0.200. The quantitative estimate of drug-likeness (QED) is 0.596. The molecule has 2 N–H and O–H groups in total. The second-order valence-electron chi connectivity index (χ2n) is 5.72. The Morgan fingerprint density at radius 2 is 1.93 bits per heavy atom. The van der Waals surface area contributed by atoms with Gasteiger partial charge in [-0.15, -0.1) is 0 Å². The maximum Gasteiger partial charge on any atom is 0.129 e. The van der Waals surface area contributed by atoms with E-state index in [1.165, 1.54) is 6.33 Å². The van der Waals surface area contributed by atoms with E-state index in [1.807, 2.05) is 42.5 Å². The van der Waals surface area contributed by atoms with Crippen LogP contribution in [0, 0.1) is 11.3 Å². The third-order valence-electron chi connectivity index (χ3n) is 3.97. The van der Waals surface area contributed by atoms with Crippen molar-refractivity contribution in [3.05, 3.63) is 60.6 Å². The Morgan fingerprint density at radius 1 is 1.04 bits per heavy atom. The van der Waals surface area contributed by atoms with Gasteiger partial charge in [-0.25, -0.2) is 15.0 Å². The smallest absolute Gasteiger partial charge is 0.129 e. The molecule has 0 amide bonds. The molecular weight excluding hydrogens is 340 g/mol. The van der Waals surface area contributed by atoms with E-state index < -0.39 is 0 Å². The number of hydrogen-bond donors (Lipinski definition) is 2. The Labute approximate surface area is 158 Å². The number of pyridine rings is 1. The number of hydrogen-bond acceptors (Lipinski definition) is 7. The SMILES string of the molecule is COc1ccccc1CCNc1cc(-c2ccc(NCC#N)nc2)ncn1. The molecule has 0 aliphatic heterocycles. The maximum atomic E-state index is 8.59. The van der Waals surface area contributed by atoms with Crippen molar-refractivity contribution in [1.29, 1.82) is 5.26 Å². The minimum absolute atomic E-state index is 0.222. The van der Waals surface area contributed by atoms with Gasteiger partial charge in [0.1, 0.15) is 30.3 Å². The van der Waals surface area contributed by atoms with Gasteiger partial charge in [-0.2, -0.15) is 5.26 Å². The topological polar surface area (TPSA) is 95.8 Å². The number of benzene rings is 1. The van der Waals surface area contributed by atoms with E-state index in [0.29, 0.717) is 5.82 Å². The van der Waals surface area contributed by atoms with Gasteiger partial charge in [0, 0.05) is 24.4 Å². The van der Waals surface area contributed by atoms with Crippen LogP contribution in [0.15, 0.2) is 55.0 Å². The van der Waals surface area contributed by atoms with Gasteiger partial charge in [-0.05, 0) is 30.2 Å². The Hall–Kier alpha value is -3.66. The van der Waals surface area contributed by atoms with Crippen LogP contribution in [0.5, 0.6) is 5.75 Å². The van der Waals surface area contributed by atoms with E-state index in [4.69, 9.17) is 10.00 Å². The normalized spacial score (nSPS) is 10.1. The highest BCUT2D eigenvalue weighted by Crippen LogP contribution is 2.20. The van der Waals surface area contributed by atoms with E-state index in [9.17, 15) is 0 Å². The van der Waals surface area contributed by atoms with Crippen molar-refractivity contribution in [3.63, 3.8) is 0 Å². The van der Waals surface area contributed by atoms with Gasteiger partial charge in [0.15, 0.2) is 0 Å². The molecule has 0 fully saturated rings. The number of ether oxygens (including phenoxy) is 1. The van der Waals surface area contributed by atoms with Crippen molar-refractivity contribution >= 4 is 11.6 Å². The lowest BCUT2D eigenvalue weighted by Gasteiger charge is -2.10. The molecule has 7 nitrogen and oxygen atoms in total. The number of nitriles is 1. The van der Waals surface area contributed by atoms with Crippen LogP contribution in [0.25, 0.3) is 11.3 Å². The monoisotopic (exact) mass is 360 g/mol. The van der Waals surface area contributed by atoms with E-state index in [0.717, 1.165) is 41.4 Å². The molecule has 27 heavy (non-hydrogen) atoms. The summed E-state index contributed by atoms with van der Waals surface area (Å²) >= 11 is 0. The summed E-state index contributed by atoms with van der Waals surface area (Å²) in [4.78, 5) is 12.9. The Kier molecular flexibility index (Phi) is 6.15. The molecule has 0 unspecified atom stereocenters. The van der Waals surface area contributed by atoms with E-state index in [2.05, 4.69) is 31.7 Å². The molecule has 0 atom stereocenters. The lowest BCUT2D eigenvalue weighted by Crippen LogP contribution is -2.07. The van der Waals surface area contributed by atoms with Gasteiger partial charge >= 0.3 is 0 Å². The summed E-state index contributed by atoms with van der Waals surface area (Å²) in [6.07, 6.45) is 4.08. The first-order valence-corrected chi connectivity index (χ1v) is 8.55. The van der Waals surface area contributed by atoms with Crippen molar-refractivity contribution in [2.24, 2.45) is 0 Å². The third kappa shape index (κ3) is 4.92. The van der Waals surface area contributed by atoms with Crippen molar-refractivity contribution in [1.82, 2.24) is 15.0 Å². The van der Waals surface area contributed by atoms with Crippen LogP contribution in [-0.4, -0.2) is 35.2 Å². The zero-order chi connectivity index (χ0) is 18.9. The summed E-state index contributed by atoms with van der Waals surface area (Å²) in [5, 5.41) is 14.8. The lowest BCUT2D eigenvalue weighted by molar-refractivity contribution is 0.410. The highest BCUT2D eigenvalue weighted by molar-refractivity contribution is 5.62. The van der Waals surface area contributed by atoms with Crippen LogP contribution in [0.4, 0.5) is 11.6 Å². The van der Waals surface area contributed by atoms with Crippen LogP contribution >= 0.6 is 0 Å². The van der Waals surface area contributed by atoms with Crippen LogP contribution < -0.4 is 15.4 Å². The predicted molar refractivity (Wildman–Crippen MR) is 105 cm³/mol. The molecule has 0 aliphatic rings. The summed E-state index contributed by atoms with van der Waals surface area (Å²) in [6, 6.07) is 15.6. The highest BCUT2D eigenvalue weighted by atomic mass is 16.5. The minimum Gasteiger partial charge on any atom is -0.496 e. The molecule has 3 rings (SSSR count). The third-order valence-corrected chi connectivity index (χ3v) is 3.97. The lowest BCUT2D eigenvalue weighted by atomic mass is 10.1. The molecule has 0 radical (unpaired) electrons. The minimum atomic E-state index is 0.222. The second-order valence-corrected chi connectivity index (χ2v) is 5.72. The first kappa shape index (κ1) is 18.1. The number of para-hydroxylation sites is 1. The van der Waals surface area contributed by atoms with Crippen LogP contribution in [-0.2, 0) is 6.42 Å². The summed E-state index contributed by atoms with van der Waals surface area (Å²) in [6.45, 7) is 0.951. The molecule has 7 heteroatoms. The van der Waals surface area contributed by atoms with Gasteiger partial charge < -0.3 is 15.4 Å². The molecule has 3 aromatic rings. The molecule has 2 aromatic heterocycles. The number of aromatic nitrogens is 3. The number of methoxy groups -OCH3 is 1. The van der Waals surface area contributed by atoms with Gasteiger partial charge in [-0.1, -0.05) is 18.2 Å². The van der Waals surface area contributed by atoms with E-state index in [-0.39, 0.29) is 6.54 Å². The largest absolute Gasteiger partial charge is 0.496 e. The van der Waals surface area contributed by atoms with Crippen molar-refractivity contribution in [3.8, 4) is 23.1 Å². The van der Waals surface area contributed by atoms with Crippen molar-refractivity contribution in [2.45, 2.75) is 6.42 Å². The Bertz CT molecular complexity index is 920. The number of anilines is 2. The fourth-order valence-corrected chi connectivity index (χ4v) is 2.63. The molecule has 0 saturated heterocycles. The average molecular weight is 360 g/mol. The van der Waals surface area contributed by atoms with Crippen LogP contribution in [0.1, 0.15) is 5.56 Å². The van der Waals surface area contributed by atoms with E-state index >= 15 is 0 Å². The number of nitrogens with zero attached hydrogens (tertiary/aromatic N) is 4. The van der Waals surface area contributed by atoms with E-state index in [1.54, 1.807) is 13.3 Å². The predicted octanol–water partition coefficient (Wildman–Crippen LogP) is 3.14. The molecule has 0 aliphatic carbocycles. The van der Waals surface area contributed by atoms with Gasteiger partial charge in [0.05, 0.1) is 18.9 Å².